The maximum Gasteiger partial charge on any atom is 0.324 e. The summed E-state index contributed by atoms with van der Waals surface area (Å²) in [7, 11) is 0. The third-order valence-electron chi connectivity index (χ3n) is 4.38. The maximum atomic E-state index is 12.1. The lowest BCUT2D eigenvalue weighted by Crippen LogP contribution is -2.68. The van der Waals surface area contributed by atoms with E-state index in [-0.39, 0.29) is 17.8 Å². The van der Waals surface area contributed by atoms with Gasteiger partial charge in [0, 0.05) is 17.0 Å². The van der Waals surface area contributed by atoms with Crippen molar-refractivity contribution < 1.29 is 19.1 Å². The van der Waals surface area contributed by atoms with E-state index >= 15 is 0 Å². The third-order valence-corrected chi connectivity index (χ3v) is 7.39. The minimum Gasteiger partial charge on any atom is -0.480 e. The van der Waals surface area contributed by atoms with E-state index in [1.807, 2.05) is 24.3 Å². The third kappa shape index (κ3) is 2.72. The average molecular weight is 377 g/mol. The van der Waals surface area contributed by atoms with Gasteiger partial charge in [0.2, 0.25) is 11.8 Å². The number of carbonyl (C=O) groups excluding carboxylic acids is 1. The van der Waals surface area contributed by atoms with E-state index in [4.69, 9.17) is 10.2 Å². The fourth-order valence-corrected chi connectivity index (χ4v) is 5.65. The monoisotopic (exact) mass is 377 g/mol. The second kappa shape index (κ2) is 6.08. The number of aromatic nitrogens is 1. The van der Waals surface area contributed by atoms with Crippen molar-refractivity contribution in [2.24, 2.45) is 5.73 Å². The second-order valence-corrected chi connectivity index (χ2v) is 8.62. The first-order chi connectivity index (χ1) is 12.0. The minimum absolute atomic E-state index is 0.00276. The first-order valence-electron chi connectivity index (χ1n) is 7.62. The van der Waals surface area contributed by atoms with Crippen LogP contribution < -0.4 is 5.73 Å². The molecular weight excluding hydrogens is 362 g/mol. The van der Waals surface area contributed by atoms with Crippen LogP contribution >= 0.6 is 23.5 Å². The number of β-lactam (4-membered cyclic amide) rings is 1. The lowest BCUT2D eigenvalue weighted by atomic mass is 10.0. The Morgan fingerprint density at radius 1 is 1.44 bits per heavy atom. The number of carboxylic acid groups (broad SMARTS) is 1. The number of aliphatic carboxylic acids is 1. The van der Waals surface area contributed by atoms with Crippen molar-refractivity contribution in [1.29, 1.82) is 0 Å². The summed E-state index contributed by atoms with van der Waals surface area (Å²) < 4.78 is 3.97. The van der Waals surface area contributed by atoms with Crippen molar-refractivity contribution in [3.05, 3.63) is 36.7 Å². The molecule has 25 heavy (non-hydrogen) atoms. The van der Waals surface area contributed by atoms with Gasteiger partial charge in [-0.15, -0.1) is 23.5 Å². The lowest BCUT2D eigenvalue weighted by molar-refractivity contribution is -0.147. The number of oxazole rings is 1. The summed E-state index contributed by atoms with van der Waals surface area (Å²) in [6.45, 7) is 0.117. The summed E-state index contributed by atoms with van der Waals surface area (Å²) in [6.07, 6.45) is 3.50. The van der Waals surface area contributed by atoms with Gasteiger partial charge in [-0.05, 0) is 24.3 Å². The molecule has 2 aromatic rings. The summed E-state index contributed by atoms with van der Waals surface area (Å²) in [5.41, 5.74) is 7.00. The Labute approximate surface area is 152 Å². The number of fused-ring (bicyclic) bond motifs is 1. The van der Waals surface area contributed by atoms with Gasteiger partial charge in [0.05, 0.1) is 23.4 Å². The van der Waals surface area contributed by atoms with Gasteiger partial charge < -0.3 is 20.2 Å². The van der Waals surface area contributed by atoms with Crippen molar-refractivity contribution in [3.8, 4) is 11.5 Å². The highest BCUT2D eigenvalue weighted by Gasteiger charge is 2.57. The number of carbonyl (C=O) groups is 2. The lowest BCUT2D eigenvalue weighted by Gasteiger charge is -2.52. The molecule has 2 aliphatic rings. The SMILES string of the molecule is NC1S[C@@H]2CC(=O)N2CC1(Sc1ccc(-c2ncco2)cc1)C(=O)O. The molecule has 1 amide bonds. The van der Waals surface area contributed by atoms with Crippen LogP contribution in [-0.4, -0.2) is 48.9 Å². The maximum absolute atomic E-state index is 12.1. The molecule has 4 rings (SSSR count). The molecule has 9 heteroatoms. The molecule has 0 saturated carbocycles. The molecule has 2 saturated heterocycles. The first kappa shape index (κ1) is 16.5. The second-order valence-electron chi connectivity index (χ2n) is 5.90. The molecule has 130 valence electrons. The molecule has 0 aliphatic carbocycles. The van der Waals surface area contributed by atoms with E-state index in [2.05, 4.69) is 4.98 Å². The number of nitrogens with two attached hydrogens (primary N) is 1. The van der Waals surface area contributed by atoms with E-state index in [0.29, 0.717) is 12.3 Å². The van der Waals surface area contributed by atoms with E-state index in [0.717, 1.165) is 10.5 Å². The Kier molecular flexibility index (Phi) is 4.01. The smallest absolute Gasteiger partial charge is 0.324 e. The van der Waals surface area contributed by atoms with E-state index in [1.54, 1.807) is 11.1 Å². The van der Waals surface area contributed by atoms with Crippen molar-refractivity contribution in [2.75, 3.05) is 6.54 Å². The van der Waals surface area contributed by atoms with Crippen molar-refractivity contribution in [1.82, 2.24) is 9.88 Å². The molecular formula is C16H15N3O4S2. The predicted molar refractivity (Wildman–Crippen MR) is 93.8 cm³/mol. The fourth-order valence-electron chi connectivity index (χ4n) is 2.92. The molecule has 2 aliphatic heterocycles. The summed E-state index contributed by atoms with van der Waals surface area (Å²) in [4.78, 5) is 30.3. The Morgan fingerprint density at radius 3 is 2.80 bits per heavy atom. The zero-order chi connectivity index (χ0) is 17.6. The van der Waals surface area contributed by atoms with Gasteiger partial charge in [0.1, 0.15) is 6.26 Å². The standard InChI is InChI=1S/C16H15N3O4S2/c17-14-16(15(21)22,8-19-11(20)7-12(19)24-14)25-10-3-1-9(2-4-10)13-18-5-6-23-13/h1-6,12,14H,7-8,17H2,(H,21,22)/t12-,14?,16?/m1/s1. The molecule has 0 spiro atoms. The van der Waals surface area contributed by atoms with Crippen molar-refractivity contribution >= 4 is 35.4 Å². The summed E-state index contributed by atoms with van der Waals surface area (Å²) >= 11 is 2.54. The van der Waals surface area contributed by atoms with Crippen LogP contribution in [0.15, 0.2) is 46.0 Å². The topological polar surface area (TPSA) is 110 Å². The Balaban J connectivity index is 1.59. The largest absolute Gasteiger partial charge is 0.480 e. The quantitative estimate of drug-likeness (QED) is 0.777. The van der Waals surface area contributed by atoms with Gasteiger partial charge in [-0.2, -0.15) is 0 Å². The van der Waals surface area contributed by atoms with E-state index in [9.17, 15) is 14.7 Å². The van der Waals surface area contributed by atoms with E-state index in [1.165, 1.54) is 29.8 Å². The van der Waals surface area contributed by atoms with Crippen LogP contribution in [0.25, 0.3) is 11.5 Å². The van der Waals surface area contributed by atoms with Gasteiger partial charge in [-0.25, -0.2) is 4.98 Å². The Morgan fingerprint density at radius 2 is 2.20 bits per heavy atom. The number of thioether (sulfide) groups is 2. The zero-order valence-electron chi connectivity index (χ0n) is 13.0. The summed E-state index contributed by atoms with van der Waals surface area (Å²) in [5.74, 6) is -0.522. The molecule has 2 unspecified atom stereocenters. The molecule has 7 nitrogen and oxygen atoms in total. The number of hydrogen-bond acceptors (Lipinski definition) is 7. The Bertz CT molecular complexity index is 811. The number of carboxylic acids is 1. The van der Waals surface area contributed by atoms with Crippen LogP contribution in [-0.2, 0) is 9.59 Å². The molecule has 1 aromatic carbocycles. The number of nitrogens with zero attached hydrogens (tertiary/aromatic N) is 2. The molecule has 3 N–H and O–H groups in total. The van der Waals surface area contributed by atoms with Crippen LogP contribution in [0.1, 0.15) is 6.42 Å². The molecule has 0 bridgehead atoms. The number of hydrogen-bond donors (Lipinski definition) is 2. The van der Waals surface area contributed by atoms with Crippen molar-refractivity contribution in [2.45, 2.75) is 26.8 Å². The average Bonchev–Trinajstić information content (AvgIpc) is 3.12. The highest BCUT2D eigenvalue weighted by Crippen LogP contribution is 2.48. The van der Waals surface area contributed by atoms with Gasteiger partial charge >= 0.3 is 5.97 Å². The van der Waals surface area contributed by atoms with Gasteiger partial charge in [-0.1, -0.05) is 0 Å². The van der Waals surface area contributed by atoms with Crippen LogP contribution in [0, 0.1) is 0 Å². The zero-order valence-corrected chi connectivity index (χ0v) is 14.6. The molecule has 1 aromatic heterocycles. The summed E-state index contributed by atoms with van der Waals surface area (Å²) in [6, 6.07) is 7.28. The van der Waals surface area contributed by atoms with Gasteiger partial charge in [-0.3, -0.25) is 9.59 Å². The summed E-state index contributed by atoms with van der Waals surface area (Å²) in [5, 5.41) is 9.26. The van der Waals surface area contributed by atoms with Crippen LogP contribution in [0.4, 0.5) is 0 Å². The van der Waals surface area contributed by atoms with Crippen molar-refractivity contribution in [3.63, 3.8) is 0 Å². The van der Waals surface area contributed by atoms with Crippen LogP contribution in [0.3, 0.4) is 0 Å². The first-order valence-corrected chi connectivity index (χ1v) is 9.38. The van der Waals surface area contributed by atoms with Crippen LogP contribution in [0.5, 0.6) is 0 Å². The normalized spacial score (nSPS) is 28.4. The molecule has 3 heterocycles. The van der Waals surface area contributed by atoms with E-state index < -0.39 is 16.1 Å². The highest BCUT2D eigenvalue weighted by atomic mass is 32.2. The fraction of sp³-hybridized carbons (Fsp3) is 0.312. The molecule has 0 radical (unpaired) electrons. The van der Waals surface area contributed by atoms with Gasteiger partial charge in [0.25, 0.3) is 0 Å². The number of benzene rings is 1. The predicted octanol–water partition coefficient (Wildman–Crippen LogP) is 1.85. The number of amides is 1. The minimum atomic E-state index is -1.28. The Hall–Kier alpha value is -1.97. The molecule has 2 fully saturated rings. The molecule has 3 atom stereocenters. The highest BCUT2D eigenvalue weighted by molar-refractivity contribution is 8.05. The van der Waals surface area contributed by atoms with Crippen LogP contribution in [0.2, 0.25) is 0 Å². The van der Waals surface area contributed by atoms with Gasteiger partial charge in [0.15, 0.2) is 4.75 Å². The number of rotatable bonds is 4.